The van der Waals surface area contributed by atoms with E-state index >= 15 is 0 Å². The van der Waals surface area contributed by atoms with Crippen LogP contribution in [-0.2, 0) is 6.61 Å². The maximum atomic E-state index is 11.4. The second kappa shape index (κ2) is 6.61. The second-order valence-electron chi connectivity index (χ2n) is 4.04. The molecule has 0 saturated heterocycles. The predicted molar refractivity (Wildman–Crippen MR) is 78.9 cm³/mol. The molecule has 0 atom stereocenters. The van der Waals surface area contributed by atoms with Crippen LogP contribution in [0.4, 0.5) is 0 Å². The van der Waals surface area contributed by atoms with E-state index in [1.54, 1.807) is 36.4 Å². The van der Waals surface area contributed by atoms with Gasteiger partial charge in [0, 0.05) is 11.6 Å². The molecule has 3 N–H and O–H groups in total. The number of nitrogen functional groups attached to an aromatic ring is 1. The molecule has 2 aromatic rings. The SMILES string of the molecule is NNC(=O)c1cccc(COc2ccc(Cl)c(Cl)c2)c1. The smallest absolute Gasteiger partial charge is 0.265 e. The molecule has 0 aliphatic carbocycles. The average molecular weight is 311 g/mol. The highest BCUT2D eigenvalue weighted by Crippen LogP contribution is 2.26. The number of hydrogen-bond donors (Lipinski definition) is 2. The molecular weight excluding hydrogens is 299 g/mol. The highest BCUT2D eigenvalue weighted by atomic mass is 35.5. The summed E-state index contributed by atoms with van der Waals surface area (Å²) in [6.45, 7) is 0.309. The molecule has 0 fully saturated rings. The first-order valence-corrected chi connectivity index (χ1v) is 6.53. The lowest BCUT2D eigenvalue weighted by atomic mass is 10.1. The number of benzene rings is 2. The molecular formula is C14H12Cl2N2O2. The number of nitrogens with two attached hydrogens (primary N) is 1. The summed E-state index contributed by atoms with van der Waals surface area (Å²) in [6.07, 6.45) is 0. The summed E-state index contributed by atoms with van der Waals surface area (Å²) < 4.78 is 5.59. The highest BCUT2D eigenvalue weighted by molar-refractivity contribution is 6.42. The Morgan fingerprint density at radius 3 is 2.65 bits per heavy atom. The van der Waals surface area contributed by atoms with Crippen molar-refractivity contribution in [1.82, 2.24) is 5.43 Å². The average Bonchev–Trinajstić information content (AvgIpc) is 2.48. The minimum atomic E-state index is -0.346. The molecule has 2 rings (SSSR count). The molecule has 0 spiro atoms. The monoisotopic (exact) mass is 310 g/mol. The minimum Gasteiger partial charge on any atom is -0.489 e. The first kappa shape index (κ1) is 14.7. The zero-order valence-electron chi connectivity index (χ0n) is 10.4. The van der Waals surface area contributed by atoms with E-state index in [0.29, 0.717) is 28.0 Å². The Balaban J connectivity index is 2.07. The molecule has 20 heavy (non-hydrogen) atoms. The quantitative estimate of drug-likeness (QED) is 0.518. The van der Waals surface area contributed by atoms with Crippen LogP contribution >= 0.6 is 23.2 Å². The molecule has 4 nitrogen and oxygen atoms in total. The van der Waals surface area contributed by atoms with Gasteiger partial charge in [-0.15, -0.1) is 0 Å². The maximum absolute atomic E-state index is 11.4. The van der Waals surface area contributed by atoms with Crippen molar-refractivity contribution in [2.24, 2.45) is 5.84 Å². The summed E-state index contributed by atoms with van der Waals surface area (Å²) in [5, 5.41) is 0.904. The molecule has 0 bridgehead atoms. The largest absolute Gasteiger partial charge is 0.489 e. The number of carbonyl (C=O) groups excluding carboxylic acids is 1. The second-order valence-corrected chi connectivity index (χ2v) is 4.85. The molecule has 2 aromatic carbocycles. The third-order valence-corrected chi connectivity index (χ3v) is 3.36. The highest BCUT2D eigenvalue weighted by Gasteiger charge is 2.05. The van der Waals surface area contributed by atoms with E-state index in [0.717, 1.165) is 5.56 Å². The molecule has 0 saturated carbocycles. The molecule has 0 aliphatic heterocycles. The lowest BCUT2D eigenvalue weighted by Crippen LogP contribution is -2.30. The van der Waals surface area contributed by atoms with E-state index in [2.05, 4.69) is 5.43 Å². The lowest BCUT2D eigenvalue weighted by molar-refractivity contribution is 0.0953. The molecule has 6 heteroatoms. The summed E-state index contributed by atoms with van der Waals surface area (Å²) >= 11 is 11.7. The summed E-state index contributed by atoms with van der Waals surface area (Å²) in [5.41, 5.74) is 3.40. The van der Waals surface area contributed by atoms with Crippen LogP contribution < -0.4 is 16.0 Å². The van der Waals surface area contributed by atoms with Gasteiger partial charge in [0.05, 0.1) is 10.0 Å². The van der Waals surface area contributed by atoms with E-state index in [1.807, 2.05) is 6.07 Å². The van der Waals surface area contributed by atoms with Crippen molar-refractivity contribution in [1.29, 1.82) is 0 Å². The zero-order chi connectivity index (χ0) is 14.5. The van der Waals surface area contributed by atoms with E-state index in [9.17, 15) is 4.79 Å². The van der Waals surface area contributed by atoms with Crippen molar-refractivity contribution in [2.75, 3.05) is 0 Å². The van der Waals surface area contributed by atoms with Gasteiger partial charge < -0.3 is 4.74 Å². The van der Waals surface area contributed by atoms with Gasteiger partial charge in [-0.2, -0.15) is 0 Å². The Morgan fingerprint density at radius 2 is 1.95 bits per heavy atom. The molecule has 0 heterocycles. The number of ether oxygens (including phenoxy) is 1. The Kier molecular flexibility index (Phi) is 4.84. The number of hydrazine groups is 1. The Hall–Kier alpha value is -1.75. The minimum absolute atomic E-state index is 0.309. The van der Waals surface area contributed by atoms with Gasteiger partial charge in [-0.05, 0) is 29.8 Å². The lowest BCUT2D eigenvalue weighted by Gasteiger charge is -2.08. The standard InChI is InChI=1S/C14H12Cl2N2O2/c15-12-5-4-11(7-13(12)16)20-8-9-2-1-3-10(6-9)14(19)18-17/h1-7H,8,17H2,(H,18,19). The van der Waals surface area contributed by atoms with Crippen LogP contribution in [0.25, 0.3) is 0 Å². The van der Waals surface area contributed by atoms with Crippen LogP contribution in [0.5, 0.6) is 5.75 Å². The van der Waals surface area contributed by atoms with Crippen molar-refractivity contribution < 1.29 is 9.53 Å². The number of nitrogens with one attached hydrogen (secondary N) is 1. The molecule has 1 amide bonds. The Labute approximate surface area is 126 Å². The van der Waals surface area contributed by atoms with Gasteiger partial charge in [-0.25, -0.2) is 5.84 Å². The summed E-state index contributed by atoms with van der Waals surface area (Å²) in [4.78, 5) is 11.4. The summed E-state index contributed by atoms with van der Waals surface area (Å²) in [5.74, 6) is 5.35. The Morgan fingerprint density at radius 1 is 1.15 bits per heavy atom. The van der Waals surface area contributed by atoms with Crippen LogP contribution in [0.2, 0.25) is 10.0 Å². The zero-order valence-corrected chi connectivity index (χ0v) is 11.9. The summed E-state index contributed by atoms with van der Waals surface area (Å²) in [6, 6.07) is 12.0. The van der Waals surface area contributed by atoms with Crippen molar-refractivity contribution in [3.05, 3.63) is 63.6 Å². The number of rotatable bonds is 4. The number of carbonyl (C=O) groups is 1. The van der Waals surface area contributed by atoms with Crippen LogP contribution in [-0.4, -0.2) is 5.91 Å². The van der Waals surface area contributed by atoms with E-state index in [4.69, 9.17) is 33.8 Å². The van der Waals surface area contributed by atoms with Gasteiger partial charge in [0.25, 0.3) is 5.91 Å². The van der Waals surface area contributed by atoms with Crippen LogP contribution in [0.1, 0.15) is 15.9 Å². The van der Waals surface area contributed by atoms with Gasteiger partial charge in [-0.3, -0.25) is 10.2 Å². The van der Waals surface area contributed by atoms with E-state index in [-0.39, 0.29) is 5.91 Å². The van der Waals surface area contributed by atoms with Crippen molar-refractivity contribution in [3.63, 3.8) is 0 Å². The van der Waals surface area contributed by atoms with Gasteiger partial charge in [-0.1, -0.05) is 35.3 Å². The molecule has 0 radical (unpaired) electrons. The van der Waals surface area contributed by atoms with Gasteiger partial charge in [0.2, 0.25) is 0 Å². The van der Waals surface area contributed by atoms with Gasteiger partial charge in [0.1, 0.15) is 12.4 Å². The maximum Gasteiger partial charge on any atom is 0.265 e. The first-order valence-electron chi connectivity index (χ1n) is 5.78. The fourth-order valence-corrected chi connectivity index (χ4v) is 1.91. The van der Waals surface area contributed by atoms with Crippen molar-refractivity contribution in [2.45, 2.75) is 6.61 Å². The van der Waals surface area contributed by atoms with Gasteiger partial charge in [0.15, 0.2) is 0 Å². The van der Waals surface area contributed by atoms with E-state index < -0.39 is 0 Å². The number of hydrogen-bond acceptors (Lipinski definition) is 3. The third kappa shape index (κ3) is 3.63. The Bertz CT molecular complexity index is 632. The van der Waals surface area contributed by atoms with E-state index in [1.165, 1.54) is 0 Å². The predicted octanol–water partition coefficient (Wildman–Crippen LogP) is 3.18. The van der Waals surface area contributed by atoms with Gasteiger partial charge >= 0.3 is 0 Å². The number of amides is 1. The third-order valence-electron chi connectivity index (χ3n) is 2.62. The number of halogens is 2. The molecule has 0 unspecified atom stereocenters. The fourth-order valence-electron chi connectivity index (χ4n) is 1.62. The van der Waals surface area contributed by atoms with Crippen LogP contribution in [0.3, 0.4) is 0 Å². The van der Waals surface area contributed by atoms with Crippen LogP contribution in [0, 0.1) is 0 Å². The fraction of sp³-hybridized carbons (Fsp3) is 0.0714. The normalized spacial score (nSPS) is 10.2. The topological polar surface area (TPSA) is 64.3 Å². The first-order chi connectivity index (χ1) is 9.60. The van der Waals surface area contributed by atoms with Crippen LogP contribution in [0.15, 0.2) is 42.5 Å². The van der Waals surface area contributed by atoms with Crippen molar-refractivity contribution in [3.8, 4) is 5.75 Å². The summed E-state index contributed by atoms with van der Waals surface area (Å²) in [7, 11) is 0. The molecule has 0 aromatic heterocycles. The molecule has 0 aliphatic rings. The van der Waals surface area contributed by atoms with Crippen molar-refractivity contribution >= 4 is 29.1 Å². The molecule has 104 valence electrons.